The predicted molar refractivity (Wildman–Crippen MR) is 75.5 cm³/mol. The van der Waals surface area contributed by atoms with E-state index in [1.54, 1.807) is 0 Å². The van der Waals surface area contributed by atoms with Gasteiger partial charge in [-0.3, -0.25) is 0 Å². The predicted octanol–water partition coefficient (Wildman–Crippen LogP) is 4.87. The fourth-order valence-electron chi connectivity index (χ4n) is 1.72. The molecular formula is C14H9F2NS2. The summed E-state index contributed by atoms with van der Waals surface area (Å²) < 4.78 is 28.9. The van der Waals surface area contributed by atoms with Gasteiger partial charge in [-0.2, -0.15) is 0 Å². The van der Waals surface area contributed by atoms with Crippen molar-refractivity contribution in [3.05, 3.63) is 59.7 Å². The van der Waals surface area contributed by atoms with E-state index in [1.165, 1.54) is 41.3 Å². The van der Waals surface area contributed by atoms with Crippen molar-refractivity contribution >= 4 is 33.3 Å². The molecule has 1 nitrogen and oxygen atoms in total. The van der Waals surface area contributed by atoms with Crippen LogP contribution in [0.1, 0.15) is 5.56 Å². The average molecular weight is 293 g/mol. The summed E-state index contributed by atoms with van der Waals surface area (Å²) in [6, 6.07) is 11.7. The summed E-state index contributed by atoms with van der Waals surface area (Å²) in [5.41, 5.74) is 1.02. The Morgan fingerprint density at radius 1 is 1.00 bits per heavy atom. The topological polar surface area (TPSA) is 12.9 Å². The number of para-hydroxylation sites is 1. The molecule has 0 spiro atoms. The Balaban J connectivity index is 1.82. The maximum absolute atomic E-state index is 13.5. The second-order valence-electron chi connectivity index (χ2n) is 3.94. The second-order valence-corrected chi connectivity index (χ2v) is 6.19. The Morgan fingerprint density at radius 3 is 2.47 bits per heavy atom. The lowest BCUT2D eigenvalue weighted by molar-refractivity contribution is 0.566. The fourth-order valence-corrected chi connectivity index (χ4v) is 3.80. The number of thiazole rings is 1. The van der Waals surface area contributed by atoms with Crippen molar-refractivity contribution in [3.63, 3.8) is 0 Å². The quantitative estimate of drug-likeness (QED) is 0.639. The van der Waals surface area contributed by atoms with E-state index in [1.807, 2.05) is 24.3 Å². The van der Waals surface area contributed by atoms with Crippen LogP contribution < -0.4 is 0 Å². The molecule has 19 heavy (non-hydrogen) atoms. The third-order valence-corrected chi connectivity index (χ3v) is 4.88. The van der Waals surface area contributed by atoms with E-state index in [9.17, 15) is 8.78 Å². The Kier molecular flexibility index (Phi) is 3.48. The van der Waals surface area contributed by atoms with E-state index >= 15 is 0 Å². The van der Waals surface area contributed by atoms with Gasteiger partial charge in [0.25, 0.3) is 0 Å². The number of nitrogens with zero attached hydrogens (tertiary/aromatic N) is 1. The number of aromatic nitrogens is 1. The molecule has 0 saturated carbocycles. The normalized spacial score (nSPS) is 11.1. The minimum absolute atomic E-state index is 0.103. The van der Waals surface area contributed by atoms with Gasteiger partial charge < -0.3 is 0 Å². The lowest BCUT2D eigenvalue weighted by Crippen LogP contribution is -1.92. The molecule has 3 aromatic rings. The van der Waals surface area contributed by atoms with Crippen LogP contribution in [-0.2, 0) is 5.75 Å². The molecule has 0 aliphatic heterocycles. The molecule has 1 aromatic heterocycles. The highest BCUT2D eigenvalue weighted by Gasteiger charge is 2.10. The fraction of sp³-hybridized carbons (Fsp3) is 0.0714. The summed E-state index contributed by atoms with van der Waals surface area (Å²) in [7, 11) is 0. The zero-order valence-electron chi connectivity index (χ0n) is 9.77. The molecule has 0 unspecified atom stereocenters. The van der Waals surface area contributed by atoms with Crippen LogP contribution in [0, 0.1) is 11.6 Å². The summed E-state index contributed by atoms with van der Waals surface area (Å²) in [5.74, 6) is -0.763. The van der Waals surface area contributed by atoms with Crippen LogP contribution in [0.5, 0.6) is 0 Å². The highest BCUT2D eigenvalue weighted by atomic mass is 32.2. The van der Waals surface area contributed by atoms with Gasteiger partial charge in [0.2, 0.25) is 0 Å². The molecular weight excluding hydrogens is 284 g/mol. The van der Waals surface area contributed by atoms with Crippen LogP contribution in [0.4, 0.5) is 8.78 Å². The second kappa shape index (κ2) is 5.27. The molecule has 5 heteroatoms. The van der Waals surface area contributed by atoms with E-state index in [-0.39, 0.29) is 11.3 Å². The van der Waals surface area contributed by atoms with E-state index in [0.29, 0.717) is 0 Å². The van der Waals surface area contributed by atoms with Gasteiger partial charge in [-0.05, 0) is 24.3 Å². The molecule has 2 aromatic carbocycles. The van der Waals surface area contributed by atoms with Crippen molar-refractivity contribution in [1.29, 1.82) is 0 Å². The van der Waals surface area contributed by atoms with Gasteiger partial charge in [-0.1, -0.05) is 30.0 Å². The zero-order valence-corrected chi connectivity index (χ0v) is 11.4. The number of benzene rings is 2. The lowest BCUT2D eigenvalue weighted by Gasteiger charge is -2.02. The van der Waals surface area contributed by atoms with Crippen molar-refractivity contribution in [2.24, 2.45) is 0 Å². The molecule has 0 bridgehead atoms. The minimum Gasteiger partial charge on any atom is -0.230 e. The summed E-state index contributed by atoms with van der Waals surface area (Å²) in [5, 5.41) is 0. The molecule has 1 heterocycles. The van der Waals surface area contributed by atoms with Gasteiger partial charge >= 0.3 is 0 Å². The van der Waals surface area contributed by atoms with Gasteiger partial charge in [-0.25, -0.2) is 13.8 Å². The molecule has 0 aliphatic carbocycles. The third kappa shape index (κ3) is 2.62. The Labute approximate surface area is 117 Å². The van der Waals surface area contributed by atoms with Gasteiger partial charge in [0.05, 0.1) is 10.2 Å². The van der Waals surface area contributed by atoms with Crippen molar-refractivity contribution < 1.29 is 8.78 Å². The average Bonchev–Trinajstić information content (AvgIpc) is 2.81. The van der Waals surface area contributed by atoms with Gasteiger partial charge in [0.15, 0.2) is 4.34 Å². The molecule has 0 saturated heterocycles. The van der Waals surface area contributed by atoms with Gasteiger partial charge in [0.1, 0.15) is 11.6 Å². The van der Waals surface area contributed by atoms with Crippen LogP contribution in [-0.4, -0.2) is 4.98 Å². The van der Waals surface area contributed by atoms with Crippen LogP contribution in [0.15, 0.2) is 46.8 Å². The van der Waals surface area contributed by atoms with Crippen molar-refractivity contribution in [1.82, 2.24) is 4.98 Å². The highest BCUT2D eigenvalue weighted by molar-refractivity contribution is 8.00. The van der Waals surface area contributed by atoms with Crippen LogP contribution >= 0.6 is 23.1 Å². The lowest BCUT2D eigenvalue weighted by atomic mass is 10.2. The first-order valence-electron chi connectivity index (χ1n) is 5.65. The first-order valence-corrected chi connectivity index (χ1v) is 7.45. The third-order valence-electron chi connectivity index (χ3n) is 2.68. The first kappa shape index (κ1) is 12.6. The molecule has 3 rings (SSSR count). The van der Waals surface area contributed by atoms with E-state index in [0.717, 1.165) is 14.6 Å². The molecule has 0 atom stereocenters. The number of thioether (sulfide) groups is 1. The maximum Gasteiger partial charge on any atom is 0.151 e. The zero-order chi connectivity index (χ0) is 13.2. The number of halogens is 2. The van der Waals surface area contributed by atoms with Crippen LogP contribution in [0.25, 0.3) is 10.2 Å². The highest BCUT2D eigenvalue weighted by Crippen LogP contribution is 2.32. The Bertz CT molecular complexity index is 671. The summed E-state index contributed by atoms with van der Waals surface area (Å²) in [4.78, 5) is 4.42. The molecule has 0 N–H and O–H groups in total. The van der Waals surface area contributed by atoms with Crippen molar-refractivity contribution in [3.8, 4) is 0 Å². The van der Waals surface area contributed by atoms with Crippen molar-refractivity contribution in [2.45, 2.75) is 10.1 Å². The van der Waals surface area contributed by atoms with E-state index < -0.39 is 11.6 Å². The minimum atomic E-state index is -0.506. The largest absolute Gasteiger partial charge is 0.230 e. The molecule has 0 fully saturated rings. The smallest absolute Gasteiger partial charge is 0.151 e. The number of hydrogen-bond acceptors (Lipinski definition) is 3. The SMILES string of the molecule is Fc1cccc(F)c1CSc1nc2ccccc2s1. The van der Waals surface area contributed by atoms with Gasteiger partial charge in [0, 0.05) is 11.3 Å². The molecule has 0 amide bonds. The van der Waals surface area contributed by atoms with Crippen LogP contribution in [0.2, 0.25) is 0 Å². The van der Waals surface area contributed by atoms with Crippen molar-refractivity contribution in [2.75, 3.05) is 0 Å². The van der Waals surface area contributed by atoms with E-state index in [4.69, 9.17) is 0 Å². The standard InChI is InChI=1S/C14H9F2NS2/c15-10-4-3-5-11(16)9(10)8-18-14-17-12-6-1-2-7-13(12)19-14/h1-7H,8H2. The first-order chi connectivity index (χ1) is 9.24. The number of fused-ring (bicyclic) bond motifs is 1. The summed E-state index contributed by atoms with van der Waals surface area (Å²) in [6.07, 6.45) is 0. The Hall–Kier alpha value is -1.46. The van der Waals surface area contributed by atoms with E-state index in [2.05, 4.69) is 4.98 Å². The van der Waals surface area contributed by atoms with Gasteiger partial charge in [-0.15, -0.1) is 11.3 Å². The number of hydrogen-bond donors (Lipinski definition) is 0. The summed E-state index contributed by atoms with van der Waals surface area (Å²) >= 11 is 2.89. The summed E-state index contributed by atoms with van der Waals surface area (Å²) in [6.45, 7) is 0. The van der Waals surface area contributed by atoms with Crippen LogP contribution in [0.3, 0.4) is 0 Å². The maximum atomic E-state index is 13.5. The molecule has 0 aliphatic rings. The number of rotatable bonds is 3. The molecule has 0 radical (unpaired) electrons. The monoisotopic (exact) mass is 293 g/mol. The Morgan fingerprint density at radius 2 is 1.74 bits per heavy atom. The molecule has 96 valence electrons.